The zero-order valence-corrected chi connectivity index (χ0v) is 16.9. The van der Waals surface area contributed by atoms with E-state index in [-0.39, 0.29) is 18.9 Å². The van der Waals surface area contributed by atoms with E-state index in [0.29, 0.717) is 19.7 Å². The molecule has 0 aliphatic rings. The summed E-state index contributed by atoms with van der Waals surface area (Å²) in [6.07, 6.45) is 0.239. The van der Waals surface area contributed by atoms with Gasteiger partial charge in [0.15, 0.2) is 0 Å². The van der Waals surface area contributed by atoms with Crippen molar-refractivity contribution in [1.29, 1.82) is 0 Å². The summed E-state index contributed by atoms with van der Waals surface area (Å²) in [6, 6.07) is 7.45. The SMILES string of the molecule is CCOc1ccc(CC(=O)N(CCN(C)C)CC(=O)OC(C)(C)C)cc1. The molecule has 26 heavy (non-hydrogen) atoms. The second kappa shape index (κ2) is 10.2. The van der Waals surface area contributed by atoms with Crippen molar-refractivity contribution in [1.82, 2.24) is 9.80 Å². The van der Waals surface area contributed by atoms with Gasteiger partial charge in [-0.1, -0.05) is 12.1 Å². The van der Waals surface area contributed by atoms with Crippen LogP contribution in [0.25, 0.3) is 0 Å². The molecule has 0 aromatic heterocycles. The van der Waals surface area contributed by atoms with Gasteiger partial charge in [-0.15, -0.1) is 0 Å². The zero-order valence-electron chi connectivity index (χ0n) is 16.9. The van der Waals surface area contributed by atoms with Crippen LogP contribution in [-0.2, 0) is 20.7 Å². The maximum atomic E-state index is 12.7. The molecule has 0 saturated heterocycles. The highest BCUT2D eigenvalue weighted by Gasteiger charge is 2.22. The normalized spacial score (nSPS) is 11.3. The largest absolute Gasteiger partial charge is 0.494 e. The predicted molar refractivity (Wildman–Crippen MR) is 102 cm³/mol. The quantitative estimate of drug-likeness (QED) is 0.630. The predicted octanol–water partition coefficient (Wildman–Crippen LogP) is 2.36. The number of hydrogen-bond acceptors (Lipinski definition) is 5. The van der Waals surface area contributed by atoms with Crippen LogP contribution in [0.3, 0.4) is 0 Å². The smallest absolute Gasteiger partial charge is 0.326 e. The average Bonchev–Trinajstić information content (AvgIpc) is 2.51. The number of hydrogen-bond donors (Lipinski definition) is 0. The van der Waals surface area contributed by atoms with Crippen LogP contribution in [0.4, 0.5) is 0 Å². The Morgan fingerprint density at radius 3 is 2.15 bits per heavy atom. The Morgan fingerprint density at radius 1 is 1.04 bits per heavy atom. The van der Waals surface area contributed by atoms with Crippen molar-refractivity contribution in [2.75, 3.05) is 40.3 Å². The van der Waals surface area contributed by atoms with Crippen LogP contribution in [0.1, 0.15) is 33.3 Å². The van der Waals surface area contributed by atoms with Gasteiger partial charge >= 0.3 is 5.97 Å². The summed E-state index contributed by atoms with van der Waals surface area (Å²) in [6.45, 7) is 9.09. The topological polar surface area (TPSA) is 59.1 Å². The van der Waals surface area contributed by atoms with Crippen molar-refractivity contribution >= 4 is 11.9 Å². The first-order chi connectivity index (χ1) is 12.1. The molecular formula is C20H32N2O4. The van der Waals surface area contributed by atoms with Crippen LogP contribution in [0.15, 0.2) is 24.3 Å². The van der Waals surface area contributed by atoms with E-state index in [1.165, 1.54) is 0 Å². The molecule has 1 aromatic rings. The van der Waals surface area contributed by atoms with Gasteiger partial charge in [-0.3, -0.25) is 9.59 Å². The monoisotopic (exact) mass is 364 g/mol. The molecule has 1 rings (SSSR count). The lowest BCUT2D eigenvalue weighted by molar-refractivity contribution is -0.158. The van der Waals surface area contributed by atoms with E-state index in [9.17, 15) is 9.59 Å². The Hall–Kier alpha value is -2.08. The van der Waals surface area contributed by atoms with Gasteiger partial charge in [0.25, 0.3) is 0 Å². The fourth-order valence-corrected chi connectivity index (χ4v) is 2.30. The standard InChI is InChI=1S/C20H32N2O4/c1-7-25-17-10-8-16(9-11-17)14-18(23)22(13-12-21(5)6)15-19(24)26-20(2,3)4/h8-11H,7,12-15H2,1-6H3. The molecule has 0 saturated carbocycles. The molecule has 1 aromatic carbocycles. The second-order valence-corrected chi connectivity index (χ2v) is 7.46. The minimum Gasteiger partial charge on any atom is -0.494 e. The third-order valence-corrected chi connectivity index (χ3v) is 3.50. The summed E-state index contributed by atoms with van der Waals surface area (Å²) < 4.78 is 10.8. The van der Waals surface area contributed by atoms with E-state index in [0.717, 1.165) is 11.3 Å². The second-order valence-electron chi connectivity index (χ2n) is 7.46. The minimum absolute atomic E-state index is 0.0407. The van der Waals surface area contributed by atoms with Crippen molar-refractivity contribution in [2.45, 2.75) is 39.7 Å². The van der Waals surface area contributed by atoms with Crippen LogP contribution >= 0.6 is 0 Å². The molecule has 0 radical (unpaired) electrons. The lowest BCUT2D eigenvalue weighted by atomic mass is 10.1. The molecule has 0 unspecified atom stereocenters. The number of ether oxygens (including phenoxy) is 2. The highest BCUT2D eigenvalue weighted by Crippen LogP contribution is 2.14. The van der Waals surface area contributed by atoms with Crippen LogP contribution in [0.5, 0.6) is 5.75 Å². The van der Waals surface area contributed by atoms with E-state index in [1.54, 1.807) is 4.90 Å². The van der Waals surface area contributed by atoms with E-state index in [2.05, 4.69) is 0 Å². The van der Waals surface area contributed by atoms with E-state index in [1.807, 2.05) is 71.0 Å². The van der Waals surface area contributed by atoms with Gasteiger partial charge < -0.3 is 19.3 Å². The minimum atomic E-state index is -0.567. The Balaban J connectivity index is 2.74. The molecular weight excluding hydrogens is 332 g/mol. The molecule has 0 aliphatic heterocycles. The third kappa shape index (κ3) is 8.85. The van der Waals surface area contributed by atoms with Gasteiger partial charge in [-0.2, -0.15) is 0 Å². The van der Waals surface area contributed by atoms with Gasteiger partial charge in [0, 0.05) is 13.1 Å². The number of carbonyl (C=O) groups excluding carboxylic acids is 2. The summed E-state index contributed by atoms with van der Waals surface area (Å²) in [5, 5.41) is 0. The molecule has 0 bridgehead atoms. The first kappa shape index (κ1) is 22.0. The van der Waals surface area contributed by atoms with E-state index >= 15 is 0 Å². The highest BCUT2D eigenvalue weighted by molar-refractivity contribution is 5.83. The molecule has 146 valence electrons. The van der Waals surface area contributed by atoms with Crippen molar-refractivity contribution in [3.63, 3.8) is 0 Å². The molecule has 6 heteroatoms. The van der Waals surface area contributed by atoms with Gasteiger partial charge in [-0.25, -0.2) is 0 Å². The summed E-state index contributed by atoms with van der Waals surface area (Å²) in [4.78, 5) is 28.4. The Kier molecular flexibility index (Phi) is 8.58. The van der Waals surface area contributed by atoms with Gasteiger partial charge in [0.1, 0.15) is 17.9 Å². The molecule has 0 atom stereocenters. The number of rotatable bonds is 9. The number of esters is 1. The van der Waals surface area contributed by atoms with Crippen molar-refractivity contribution in [3.8, 4) is 5.75 Å². The average molecular weight is 364 g/mol. The van der Waals surface area contributed by atoms with Crippen LogP contribution in [0, 0.1) is 0 Å². The fourth-order valence-electron chi connectivity index (χ4n) is 2.30. The van der Waals surface area contributed by atoms with Gasteiger partial charge in [0.05, 0.1) is 13.0 Å². The Morgan fingerprint density at radius 2 is 1.65 bits per heavy atom. The Labute approximate surface area is 157 Å². The van der Waals surface area contributed by atoms with Crippen LogP contribution in [0.2, 0.25) is 0 Å². The van der Waals surface area contributed by atoms with Gasteiger partial charge in [0.2, 0.25) is 5.91 Å². The van der Waals surface area contributed by atoms with Crippen LogP contribution < -0.4 is 4.74 Å². The summed E-state index contributed by atoms with van der Waals surface area (Å²) in [5.41, 5.74) is 0.320. The molecule has 6 nitrogen and oxygen atoms in total. The first-order valence-corrected chi connectivity index (χ1v) is 8.97. The van der Waals surface area contributed by atoms with E-state index < -0.39 is 11.6 Å². The molecule has 0 N–H and O–H groups in total. The lowest BCUT2D eigenvalue weighted by Gasteiger charge is -2.26. The number of nitrogens with zero attached hydrogens (tertiary/aromatic N) is 2. The molecule has 0 aliphatic carbocycles. The first-order valence-electron chi connectivity index (χ1n) is 8.97. The maximum Gasteiger partial charge on any atom is 0.326 e. The molecule has 0 heterocycles. The maximum absolute atomic E-state index is 12.7. The summed E-state index contributed by atoms with van der Waals surface area (Å²) in [7, 11) is 3.87. The summed E-state index contributed by atoms with van der Waals surface area (Å²) >= 11 is 0. The fraction of sp³-hybridized carbons (Fsp3) is 0.600. The van der Waals surface area contributed by atoms with Crippen molar-refractivity contribution in [2.24, 2.45) is 0 Å². The van der Waals surface area contributed by atoms with Gasteiger partial charge in [-0.05, 0) is 59.5 Å². The van der Waals surface area contributed by atoms with Crippen molar-refractivity contribution < 1.29 is 19.1 Å². The summed E-state index contributed by atoms with van der Waals surface area (Å²) in [5.74, 6) is 0.292. The van der Waals surface area contributed by atoms with Crippen LogP contribution in [-0.4, -0.2) is 67.6 Å². The number of likely N-dealkylation sites (N-methyl/N-ethyl adjacent to an activating group) is 1. The third-order valence-electron chi connectivity index (χ3n) is 3.50. The lowest BCUT2D eigenvalue weighted by Crippen LogP contribution is -2.42. The molecule has 0 fully saturated rings. The number of amides is 1. The number of carbonyl (C=O) groups is 2. The highest BCUT2D eigenvalue weighted by atomic mass is 16.6. The number of benzene rings is 1. The Bertz CT molecular complexity index is 576. The van der Waals surface area contributed by atoms with Crippen molar-refractivity contribution in [3.05, 3.63) is 29.8 Å². The molecule has 0 spiro atoms. The molecule has 1 amide bonds. The van der Waals surface area contributed by atoms with E-state index in [4.69, 9.17) is 9.47 Å². The zero-order chi connectivity index (χ0) is 19.7.